The summed E-state index contributed by atoms with van der Waals surface area (Å²) in [6, 6.07) is 7.27. The van der Waals surface area contributed by atoms with Gasteiger partial charge >= 0.3 is 0 Å². The van der Waals surface area contributed by atoms with E-state index in [-0.39, 0.29) is 12.5 Å². The third-order valence-electron chi connectivity index (χ3n) is 4.32. The second-order valence-corrected chi connectivity index (χ2v) is 5.86. The van der Waals surface area contributed by atoms with Gasteiger partial charge in [-0.25, -0.2) is 0 Å². The van der Waals surface area contributed by atoms with Gasteiger partial charge in [-0.05, 0) is 43.7 Å². The number of aldehydes is 1. The molecule has 0 N–H and O–H groups in total. The van der Waals surface area contributed by atoms with E-state index in [9.17, 15) is 9.59 Å². The minimum atomic E-state index is -0.0322. The lowest BCUT2D eigenvalue weighted by Gasteiger charge is -2.33. The van der Waals surface area contributed by atoms with Crippen LogP contribution >= 0.6 is 0 Å². The summed E-state index contributed by atoms with van der Waals surface area (Å²) in [6.45, 7) is 2.24. The van der Waals surface area contributed by atoms with Crippen LogP contribution in [0.15, 0.2) is 24.3 Å². The summed E-state index contributed by atoms with van der Waals surface area (Å²) >= 11 is 0. The largest absolute Gasteiger partial charge is 0.483 e. The molecule has 1 fully saturated rings. The Kier molecular flexibility index (Phi) is 5.37. The Bertz CT molecular complexity index is 493. The van der Waals surface area contributed by atoms with Gasteiger partial charge in [0.1, 0.15) is 5.75 Å². The number of para-hydroxylation sites is 1. The van der Waals surface area contributed by atoms with Crippen LogP contribution in [0.3, 0.4) is 0 Å². The predicted octanol–water partition coefficient (Wildman–Crippen LogP) is 2.92. The van der Waals surface area contributed by atoms with Gasteiger partial charge in [0.25, 0.3) is 5.91 Å². The highest BCUT2D eigenvalue weighted by Crippen LogP contribution is 2.26. The zero-order valence-electron chi connectivity index (χ0n) is 12.7. The standard InChI is InChI=1S/C17H23NO3/c1-13-7-9-15(10-8-13)18(2)17(20)12-21-16-6-4-3-5-14(16)11-19/h3-6,11,13,15H,7-10,12H2,1-2H3. The van der Waals surface area contributed by atoms with Crippen molar-refractivity contribution in [2.45, 2.75) is 38.6 Å². The summed E-state index contributed by atoms with van der Waals surface area (Å²) in [4.78, 5) is 24.9. The third kappa shape index (κ3) is 4.06. The zero-order valence-corrected chi connectivity index (χ0v) is 12.7. The molecule has 4 heteroatoms. The van der Waals surface area contributed by atoms with Gasteiger partial charge in [-0.2, -0.15) is 0 Å². The van der Waals surface area contributed by atoms with Crippen molar-refractivity contribution < 1.29 is 14.3 Å². The quantitative estimate of drug-likeness (QED) is 0.783. The molecule has 0 saturated heterocycles. The smallest absolute Gasteiger partial charge is 0.260 e. The summed E-state index contributed by atoms with van der Waals surface area (Å²) in [5, 5.41) is 0. The van der Waals surface area contributed by atoms with Crippen LogP contribution in [-0.2, 0) is 4.79 Å². The number of likely N-dealkylation sites (N-methyl/N-ethyl adjacent to an activating group) is 1. The molecule has 21 heavy (non-hydrogen) atoms. The molecular formula is C17H23NO3. The van der Waals surface area contributed by atoms with E-state index in [4.69, 9.17) is 4.74 Å². The third-order valence-corrected chi connectivity index (χ3v) is 4.32. The van der Waals surface area contributed by atoms with Crippen LogP contribution in [0.5, 0.6) is 5.75 Å². The van der Waals surface area contributed by atoms with Gasteiger partial charge in [0.05, 0.1) is 5.56 Å². The first kappa shape index (κ1) is 15.5. The Labute approximate surface area is 126 Å². The number of carbonyl (C=O) groups is 2. The molecule has 0 radical (unpaired) electrons. The molecule has 0 bridgehead atoms. The van der Waals surface area contributed by atoms with Crippen molar-refractivity contribution in [2.24, 2.45) is 5.92 Å². The molecule has 0 heterocycles. The van der Waals surface area contributed by atoms with Crippen molar-refractivity contribution in [2.75, 3.05) is 13.7 Å². The molecule has 0 aromatic heterocycles. The number of benzene rings is 1. The molecule has 1 aromatic rings. The van der Waals surface area contributed by atoms with E-state index in [2.05, 4.69) is 6.92 Å². The van der Waals surface area contributed by atoms with Crippen molar-refractivity contribution in [3.05, 3.63) is 29.8 Å². The minimum absolute atomic E-state index is 0.0204. The summed E-state index contributed by atoms with van der Waals surface area (Å²) in [5.41, 5.74) is 0.472. The van der Waals surface area contributed by atoms with Gasteiger partial charge in [0.15, 0.2) is 12.9 Å². The van der Waals surface area contributed by atoms with Crippen LogP contribution in [-0.4, -0.2) is 36.8 Å². The average molecular weight is 289 g/mol. The molecule has 1 aromatic carbocycles. The van der Waals surface area contributed by atoms with Gasteiger partial charge in [0, 0.05) is 13.1 Å². The van der Waals surface area contributed by atoms with Crippen molar-refractivity contribution in [3.8, 4) is 5.75 Å². The highest BCUT2D eigenvalue weighted by Gasteiger charge is 2.24. The predicted molar refractivity (Wildman–Crippen MR) is 81.5 cm³/mol. The SMILES string of the molecule is CC1CCC(N(C)C(=O)COc2ccccc2C=O)CC1. The van der Waals surface area contributed by atoms with Crippen LogP contribution in [0, 0.1) is 5.92 Å². The van der Waals surface area contributed by atoms with E-state index in [1.54, 1.807) is 29.2 Å². The van der Waals surface area contributed by atoms with E-state index in [1.807, 2.05) is 7.05 Å². The van der Waals surface area contributed by atoms with Crippen molar-refractivity contribution in [3.63, 3.8) is 0 Å². The molecule has 0 unspecified atom stereocenters. The van der Waals surface area contributed by atoms with Crippen molar-refractivity contribution >= 4 is 12.2 Å². The Morgan fingerprint density at radius 1 is 1.29 bits per heavy atom. The fourth-order valence-electron chi connectivity index (χ4n) is 2.78. The van der Waals surface area contributed by atoms with Crippen LogP contribution in [0.4, 0.5) is 0 Å². The Balaban J connectivity index is 1.88. The Morgan fingerprint density at radius 3 is 2.62 bits per heavy atom. The van der Waals surface area contributed by atoms with E-state index in [0.29, 0.717) is 17.4 Å². The molecule has 1 amide bonds. The second kappa shape index (κ2) is 7.25. The maximum atomic E-state index is 12.2. The number of hydrogen-bond donors (Lipinski definition) is 0. The van der Waals surface area contributed by atoms with Crippen LogP contribution in [0.1, 0.15) is 43.0 Å². The number of nitrogens with zero attached hydrogens (tertiary/aromatic N) is 1. The minimum Gasteiger partial charge on any atom is -0.483 e. The molecule has 2 rings (SSSR count). The molecule has 0 aliphatic heterocycles. The van der Waals surface area contributed by atoms with E-state index in [1.165, 1.54) is 12.8 Å². The highest BCUT2D eigenvalue weighted by molar-refractivity contribution is 5.80. The van der Waals surface area contributed by atoms with Gasteiger partial charge in [-0.15, -0.1) is 0 Å². The van der Waals surface area contributed by atoms with Crippen LogP contribution < -0.4 is 4.74 Å². The average Bonchev–Trinajstić information content (AvgIpc) is 2.52. The highest BCUT2D eigenvalue weighted by atomic mass is 16.5. The maximum Gasteiger partial charge on any atom is 0.260 e. The molecule has 0 spiro atoms. The first-order valence-corrected chi connectivity index (χ1v) is 7.54. The first-order chi connectivity index (χ1) is 10.1. The van der Waals surface area contributed by atoms with Crippen molar-refractivity contribution in [1.82, 2.24) is 4.90 Å². The zero-order chi connectivity index (χ0) is 15.2. The number of ether oxygens (including phenoxy) is 1. The van der Waals surface area contributed by atoms with Crippen LogP contribution in [0.25, 0.3) is 0 Å². The molecule has 1 saturated carbocycles. The van der Waals surface area contributed by atoms with Crippen LogP contribution in [0.2, 0.25) is 0 Å². The van der Waals surface area contributed by atoms with E-state index in [0.717, 1.165) is 25.0 Å². The lowest BCUT2D eigenvalue weighted by atomic mass is 9.87. The van der Waals surface area contributed by atoms with Crippen molar-refractivity contribution in [1.29, 1.82) is 0 Å². The number of carbonyl (C=O) groups excluding carboxylic acids is 2. The fourth-order valence-corrected chi connectivity index (χ4v) is 2.78. The van der Waals surface area contributed by atoms with Gasteiger partial charge in [-0.3, -0.25) is 9.59 Å². The summed E-state index contributed by atoms with van der Waals surface area (Å²) in [7, 11) is 1.85. The fraction of sp³-hybridized carbons (Fsp3) is 0.529. The summed E-state index contributed by atoms with van der Waals surface area (Å²) < 4.78 is 5.50. The summed E-state index contributed by atoms with van der Waals surface area (Å²) in [5.74, 6) is 1.20. The molecular weight excluding hydrogens is 266 g/mol. The molecule has 0 atom stereocenters. The second-order valence-electron chi connectivity index (χ2n) is 5.86. The number of amides is 1. The monoisotopic (exact) mass is 289 g/mol. The molecule has 4 nitrogen and oxygen atoms in total. The molecule has 1 aliphatic rings. The van der Waals surface area contributed by atoms with Gasteiger partial charge < -0.3 is 9.64 Å². The van der Waals surface area contributed by atoms with Gasteiger partial charge in [0.2, 0.25) is 0 Å². The van der Waals surface area contributed by atoms with E-state index >= 15 is 0 Å². The van der Waals surface area contributed by atoms with Gasteiger partial charge in [-0.1, -0.05) is 19.1 Å². The summed E-state index contributed by atoms with van der Waals surface area (Å²) in [6.07, 6.45) is 5.23. The Morgan fingerprint density at radius 2 is 1.95 bits per heavy atom. The number of hydrogen-bond acceptors (Lipinski definition) is 3. The molecule has 1 aliphatic carbocycles. The lowest BCUT2D eigenvalue weighted by Crippen LogP contribution is -2.41. The molecule has 114 valence electrons. The van der Waals surface area contributed by atoms with E-state index < -0.39 is 0 Å². The Hall–Kier alpha value is -1.84. The topological polar surface area (TPSA) is 46.6 Å². The number of rotatable bonds is 5. The maximum absolute atomic E-state index is 12.2. The lowest BCUT2D eigenvalue weighted by molar-refractivity contribution is -0.134. The normalized spacial score (nSPS) is 21.6. The first-order valence-electron chi connectivity index (χ1n) is 7.54.